The summed E-state index contributed by atoms with van der Waals surface area (Å²) in [5.41, 5.74) is 1.96. The lowest BCUT2D eigenvalue weighted by atomic mass is 10.0. The predicted octanol–water partition coefficient (Wildman–Crippen LogP) is 6.76. The third kappa shape index (κ3) is 10.3. The maximum Gasteiger partial charge on any atom is 0.243 e. The molecule has 0 saturated heterocycles. The van der Waals surface area contributed by atoms with Crippen LogP contribution in [-0.4, -0.2) is 57.6 Å². The highest BCUT2D eigenvalue weighted by atomic mass is 35.5. The van der Waals surface area contributed by atoms with Crippen LogP contribution in [0.25, 0.3) is 0 Å². The van der Waals surface area contributed by atoms with E-state index in [1.807, 2.05) is 37.3 Å². The van der Waals surface area contributed by atoms with E-state index in [0.29, 0.717) is 40.0 Å². The second kappa shape index (κ2) is 16.9. The summed E-state index contributed by atoms with van der Waals surface area (Å²) in [6.07, 6.45) is 3.30. The van der Waals surface area contributed by atoms with E-state index in [9.17, 15) is 18.0 Å². The molecule has 3 aromatic carbocycles. The quantitative estimate of drug-likeness (QED) is 0.169. The number of rotatable bonds is 16. The van der Waals surface area contributed by atoms with Crippen LogP contribution in [0.4, 0.5) is 5.69 Å². The Kier molecular flexibility index (Phi) is 13.6. The van der Waals surface area contributed by atoms with Crippen LogP contribution < -0.4 is 14.4 Å². The molecule has 1 N–H and O–H groups in total. The standard InChI is InChI=1S/C32H38Cl3N3O5S/c1-4-5-17-36-32(40)29(20-23-10-7-6-8-11-23)37(22-24-13-15-26(33)27(34)19-24)31(39)12-9-18-38(44(3,41)42)25-14-16-30(43-2)28(35)21-25/h6-8,10-11,13-16,19,21,29H,4-5,9,12,17-18,20,22H2,1-3H3,(H,36,40)/t29-/m0/s1. The number of ether oxygens (including phenoxy) is 1. The van der Waals surface area contributed by atoms with Gasteiger partial charge in [-0.1, -0.05) is 84.5 Å². The predicted molar refractivity (Wildman–Crippen MR) is 178 cm³/mol. The van der Waals surface area contributed by atoms with E-state index in [0.717, 1.165) is 24.7 Å². The number of anilines is 1. The summed E-state index contributed by atoms with van der Waals surface area (Å²) in [5, 5.41) is 3.97. The lowest BCUT2D eigenvalue weighted by Crippen LogP contribution is -2.50. The van der Waals surface area contributed by atoms with Gasteiger partial charge >= 0.3 is 0 Å². The molecule has 44 heavy (non-hydrogen) atoms. The van der Waals surface area contributed by atoms with Gasteiger partial charge in [0.05, 0.1) is 34.1 Å². The third-order valence-corrected chi connectivity index (χ3v) is 9.24. The van der Waals surface area contributed by atoms with Gasteiger partial charge in [-0.25, -0.2) is 8.42 Å². The van der Waals surface area contributed by atoms with Crippen LogP contribution in [0.1, 0.15) is 43.7 Å². The maximum atomic E-state index is 14.0. The summed E-state index contributed by atoms with van der Waals surface area (Å²) in [6, 6.07) is 18.5. The van der Waals surface area contributed by atoms with Crippen molar-refractivity contribution in [2.24, 2.45) is 0 Å². The highest BCUT2D eigenvalue weighted by molar-refractivity contribution is 7.92. The molecule has 0 radical (unpaired) electrons. The molecule has 2 amide bonds. The van der Waals surface area contributed by atoms with Gasteiger partial charge in [0, 0.05) is 32.5 Å². The van der Waals surface area contributed by atoms with E-state index < -0.39 is 16.1 Å². The molecule has 0 fully saturated rings. The molecule has 3 rings (SSSR count). The number of nitrogens with zero attached hydrogens (tertiary/aromatic N) is 2. The Bertz CT molecular complexity index is 1520. The van der Waals surface area contributed by atoms with Crippen molar-refractivity contribution in [3.8, 4) is 5.75 Å². The minimum Gasteiger partial charge on any atom is -0.495 e. The number of unbranched alkanes of at least 4 members (excludes halogenated alkanes) is 1. The van der Waals surface area contributed by atoms with Gasteiger partial charge in [-0.15, -0.1) is 0 Å². The highest BCUT2D eigenvalue weighted by Crippen LogP contribution is 2.30. The molecule has 0 saturated carbocycles. The van der Waals surface area contributed by atoms with Crippen molar-refractivity contribution in [2.75, 3.05) is 30.8 Å². The van der Waals surface area contributed by atoms with Gasteiger partial charge in [0.2, 0.25) is 21.8 Å². The number of halogens is 3. The lowest BCUT2D eigenvalue weighted by Gasteiger charge is -2.32. The molecule has 0 unspecified atom stereocenters. The molecule has 0 aliphatic heterocycles. The molecular weight excluding hydrogens is 645 g/mol. The molecule has 0 aliphatic rings. The van der Waals surface area contributed by atoms with Gasteiger partial charge in [0.15, 0.2) is 0 Å². The van der Waals surface area contributed by atoms with Crippen molar-refractivity contribution in [1.82, 2.24) is 10.2 Å². The van der Waals surface area contributed by atoms with Gasteiger partial charge in [-0.3, -0.25) is 13.9 Å². The second-order valence-electron chi connectivity index (χ2n) is 10.4. The van der Waals surface area contributed by atoms with Crippen LogP contribution in [-0.2, 0) is 32.6 Å². The third-order valence-electron chi connectivity index (χ3n) is 7.01. The van der Waals surface area contributed by atoms with Crippen LogP contribution >= 0.6 is 34.8 Å². The number of hydrogen-bond acceptors (Lipinski definition) is 5. The number of hydrogen-bond donors (Lipinski definition) is 1. The van der Waals surface area contributed by atoms with Crippen LogP contribution in [0.5, 0.6) is 5.75 Å². The van der Waals surface area contributed by atoms with E-state index in [-0.39, 0.29) is 42.8 Å². The van der Waals surface area contributed by atoms with Crippen molar-refractivity contribution in [3.63, 3.8) is 0 Å². The summed E-state index contributed by atoms with van der Waals surface area (Å²) in [7, 11) is -2.22. The fraction of sp³-hybridized carbons (Fsp3) is 0.375. The van der Waals surface area contributed by atoms with Gasteiger partial charge < -0.3 is 15.0 Å². The molecule has 3 aromatic rings. The van der Waals surface area contributed by atoms with Crippen molar-refractivity contribution in [1.29, 1.82) is 0 Å². The average molecular weight is 683 g/mol. The Morgan fingerprint density at radius 1 is 0.909 bits per heavy atom. The number of methoxy groups -OCH3 is 1. The molecule has 0 aliphatic carbocycles. The Hall–Kier alpha value is -2.98. The lowest BCUT2D eigenvalue weighted by molar-refractivity contribution is -0.141. The second-order valence-corrected chi connectivity index (χ2v) is 13.5. The zero-order valence-electron chi connectivity index (χ0n) is 25.1. The van der Waals surface area contributed by atoms with Crippen LogP contribution in [0.3, 0.4) is 0 Å². The number of carbonyl (C=O) groups excluding carboxylic acids is 2. The van der Waals surface area contributed by atoms with E-state index >= 15 is 0 Å². The average Bonchev–Trinajstić information content (AvgIpc) is 2.98. The number of sulfonamides is 1. The minimum atomic E-state index is -3.70. The molecule has 0 bridgehead atoms. The van der Waals surface area contributed by atoms with Crippen LogP contribution in [0.15, 0.2) is 66.7 Å². The van der Waals surface area contributed by atoms with E-state index in [1.165, 1.54) is 17.5 Å². The zero-order chi connectivity index (χ0) is 32.3. The Morgan fingerprint density at radius 3 is 2.25 bits per heavy atom. The Labute approximate surface area is 275 Å². The van der Waals surface area contributed by atoms with E-state index in [1.54, 1.807) is 35.2 Å². The summed E-state index contributed by atoms with van der Waals surface area (Å²) < 4.78 is 31.8. The Morgan fingerprint density at radius 2 is 1.64 bits per heavy atom. The van der Waals surface area contributed by atoms with Crippen molar-refractivity contribution in [2.45, 2.75) is 51.6 Å². The molecule has 1 atom stereocenters. The van der Waals surface area contributed by atoms with Gasteiger partial charge in [0.25, 0.3) is 0 Å². The fourth-order valence-electron chi connectivity index (χ4n) is 4.71. The molecular formula is C32H38Cl3N3O5S. The van der Waals surface area contributed by atoms with Crippen molar-refractivity contribution >= 4 is 62.3 Å². The number of carbonyl (C=O) groups is 2. The first-order chi connectivity index (χ1) is 20.9. The molecule has 0 spiro atoms. The van der Waals surface area contributed by atoms with Crippen molar-refractivity contribution < 1.29 is 22.7 Å². The molecule has 12 heteroatoms. The Balaban J connectivity index is 1.90. The van der Waals surface area contributed by atoms with Gasteiger partial charge in [-0.2, -0.15) is 0 Å². The molecule has 0 heterocycles. The topological polar surface area (TPSA) is 96.0 Å². The first kappa shape index (κ1) is 35.5. The van der Waals surface area contributed by atoms with Crippen LogP contribution in [0, 0.1) is 0 Å². The molecule has 8 nitrogen and oxygen atoms in total. The highest BCUT2D eigenvalue weighted by Gasteiger charge is 2.30. The summed E-state index contributed by atoms with van der Waals surface area (Å²) in [5.74, 6) is -0.149. The van der Waals surface area contributed by atoms with E-state index in [4.69, 9.17) is 39.5 Å². The van der Waals surface area contributed by atoms with Gasteiger partial charge in [0.1, 0.15) is 11.8 Å². The maximum absolute atomic E-state index is 14.0. The minimum absolute atomic E-state index is 0.00917. The monoisotopic (exact) mass is 681 g/mol. The van der Waals surface area contributed by atoms with Crippen molar-refractivity contribution in [3.05, 3.63) is 92.9 Å². The SMILES string of the molecule is CCCCNC(=O)[C@H](Cc1ccccc1)N(Cc1ccc(Cl)c(Cl)c1)C(=O)CCCN(c1ccc(OC)c(Cl)c1)S(C)(=O)=O. The molecule has 0 aromatic heterocycles. The first-order valence-electron chi connectivity index (χ1n) is 14.3. The zero-order valence-corrected chi connectivity index (χ0v) is 28.1. The number of benzene rings is 3. The van der Waals surface area contributed by atoms with Crippen LogP contribution in [0.2, 0.25) is 15.1 Å². The van der Waals surface area contributed by atoms with Gasteiger partial charge in [-0.05, 0) is 54.3 Å². The number of nitrogens with one attached hydrogen (secondary N) is 1. The summed E-state index contributed by atoms with van der Waals surface area (Å²) >= 11 is 18.7. The summed E-state index contributed by atoms with van der Waals surface area (Å²) in [6.45, 7) is 2.66. The fourth-order valence-corrected chi connectivity index (χ4v) is 6.24. The smallest absolute Gasteiger partial charge is 0.243 e. The first-order valence-corrected chi connectivity index (χ1v) is 17.3. The van der Waals surface area contributed by atoms with E-state index in [2.05, 4.69) is 5.32 Å². The number of amides is 2. The summed E-state index contributed by atoms with van der Waals surface area (Å²) in [4.78, 5) is 29.1. The molecule has 238 valence electrons. The normalized spacial score (nSPS) is 12.0. The largest absolute Gasteiger partial charge is 0.495 e.